The molecule has 1 aromatic heterocycles. The normalized spacial score (nSPS) is 15.7. The maximum Gasteiger partial charge on any atom is 0.276 e. The molecular weight excluding hydrogens is 436 g/mol. The van der Waals surface area contributed by atoms with E-state index in [1.807, 2.05) is 39.9 Å². The quantitative estimate of drug-likeness (QED) is 0.536. The van der Waals surface area contributed by atoms with Gasteiger partial charge < -0.3 is 10.2 Å². The number of hydrogen-bond donors (Lipinski definition) is 1. The number of rotatable bonds is 4. The molecule has 5 rings (SSSR count). The van der Waals surface area contributed by atoms with E-state index >= 15 is 0 Å². The smallest absolute Gasteiger partial charge is 0.276 e. The minimum atomic E-state index is -0.305. The van der Waals surface area contributed by atoms with Crippen LogP contribution >= 0.6 is 11.6 Å². The Morgan fingerprint density at radius 3 is 2.45 bits per heavy atom. The zero-order valence-electron chi connectivity index (χ0n) is 18.5. The number of para-hydroxylation sites is 1. The molecule has 2 aliphatic rings. The Bertz CT molecular complexity index is 1180. The Labute approximate surface area is 198 Å². The molecule has 1 aliphatic carbocycles. The Morgan fingerprint density at radius 2 is 1.67 bits per heavy atom. The fraction of sp³-hybridized carbons (Fsp3) is 0.346. The summed E-state index contributed by atoms with van der Waals surface area (Å²) < 4.78 is 1.91. The van der Waals surface area contributed by atoms with Crippen LogP contribution in [0.5, 0.6) is 0 Å². The summed E-state index contributed by atoms with van der Waals surface area (Å²) in [7, 11) is 0. The largest absolute Gasteiger partial charge is 0.339 e. The highest BCUT2D eigenvalue weighted by Gasteiger charge is 2.27. The first-order valence-corrected chi connectivity index (χ1v) is 12.1. The molecule has 1 aliphatic heterocycles. The van der Waals surface area contributed by atoms with Gasteiger partial charge in [-0.05, 0) is 68.9 Å². The second-order valence-corrected chi connectivity index (χ2v) is 9.16. The first-order chi connectivity index (χ1) is 16.1. The number of nitrogens with one attached hydrogen (secondary N) is 1. The average Bonchev–Trinajstić information content (AvgIpc) is 3.42. The molecule has 33 heavy (non-hydrogen) atoms. The van der Waals surface area contributed by atoms with Crippen LogP contribution in [0.2, 0.25) is 5.02 Å². The van der Waals surface area contributed by atoms with E-state index in [0.29, 0.717) is 22.0 Å². The lowest BCUT2D eigenvalue weighted by molar-refractivity contribution is 0.0794. The fourth-order valence-corrected chi connectivity index (χ4v) is 4.99. The monoisotopic (exact) mass is 462 g/mol. The summed E-state index contributed by atoms with van der Waals surface area (Å²) in [5.74, 6) is -0.381. The number of fused-ring (bicyclic) bond motifs is 1. The number of anilines is 1. The molecule has 0 saturated carbocycles. The van der Waals surface area contributed by atoms with Crippen molar-refractivity contribution in [3.05, 3.63) is 76.1 Å². The molecule has 0 radical (unpaired) electrons. The topological polar surface area (TPSA) is 67.2 Å². The van der Waals surface area contributed by atoms with Crippen molar-refractivity contribution in [3.63, 3.8) is 0 Å². The minimum Gasteiger partial charge on any atom is -0.339 e. The summed E-state index contributed by atoms with van der Waals surface area (Å²) in [6.07, 6.45) is 6.96. The summed E-state index contributed by atoms with van der Waals surface area (Å²) >= 11 is 6.24. The van der Waals surface area contributed by atoms with Gasteiger partial charge in [-0.3, -0.25) is 9.59 Å². The van der Waals surface area contributed by atoms with Crippen molar-refractivity contribution in [2.24, 2.45) is 0 Å². The van der Waals surface area contributed by atoms with Crippen LogP contribution in [0.1, 0.15) is 64.2 Å². The third-order valence-electron chi connectivity index (χ3n) is 6.50. The van der Waals surface area contributed by atoms with Crippen LogP contribution in [0.4, 0.5) is 5.69 Å². The van der Waals surface area contributed by atoms with Gasteiger partial charge in [0.15, 0.2) is 5.69 Å². The first kappa shape index (κ1) is 21.7. The number of likely N-dealkylation sites (tertiary alicyclic amines) is 1. The lowest BCUT2D eigenvalue weighted by Crippen LogP contribution is -2.29. The van der Waals surface area contributed by atoms with Crippen LogP contribution in [-0.2, 0) is 12.8 Å². The highest BCUT2D eigenvalue weighted by Crippen LogP contribution is 2.29. The van der Waals surface area contributed by atoms with Gasteiger partial charge in [0.2, 0.25) is 0 Å². The Balaban J connectivity index is 1.50. The van der Waals surface area contributed by atoms with E-state index in [0.717, 1.165) is 75.0 Å². The lowest BCUT2D eigenvalue weighted by Gasteiger charge is -2.18. The maximum atomic E-state index is 13.5. The van der Waals surface area contributed by atoms with E-state index in [-0.39, 0.29) is 11.8 Å². The van der Waals surface area contributed by atoms with Gasteiger partial charge in [-0.2, -0.15) is 5.10 Å². The molecular formula is C26H27ClN4O2. The van der Waals surface area contributed by atoms with Gasteiger partial charge in [-0.25, -0.2) is 4.68 Å². The number of nitrogens with zero attached hydrogens (tertiary/aromatic N) is 3. The molecule has 0 spiro atoms. The van der Waals surface area contributed by atoms with E-state index in [2.05, 4.69) is 5.32 Å². The number of aromatic nitrogens is 2. The van der Waals surface area contributed by atoms with Crippen molar-refractivity contribution >= 4 is 29.1 Å². The molecule has 0 bridgehead atoms. The average molecular weight is 463 g/mol. The van der Waals surface area contributed by atoms with Crippen LogP contribution in [-0.4, -0.2) is 39.6 Å². The van der Waals surface area contributed by atoms with Crippen LogP contribution < -0.4 is 5.32 Å². The number of benzene rings is 2. The second-order valence-electron chi connectivity index (χ2n) is 8.73. The first-order valence-electron chi connectivity index (χ1n) is 11.7. The Morgan fingerprint density at radius 1 is 0.909 bits per heavy atom. The third-order valence-corrected chi connectivity index (χ3v) is 6.73. The fourth-order valence-electron chi connectivity index (χ4n) is 4.82. The van der Waals surface area contributed by atoms with Gasteiger partial charge in [0.05, 0.1) is 16.9 Å². The van der Waals surface area contributed by atoms with Gasteiger partial charge >= 0.3 is 0 Å². The Hall–Kier alpha value is -3.12. The van der Waals surface area contributed by atoms with Crippen LogP contribution in [0, 0.1) is 0 Å². The van der Waals surface area contributed by atoms with E-state index in [4.69, 9.17) is 16.7 Å². The standard InChI is InChI=1S/C26H27ClN4O2/c27-18-13-14-20(26(33)30-15-7-8-16-30)22(17-18)28-25(32)24-21-11-5-2-6-12-23(21)31(29-24)19-9-3-1-4-10-19/h1,3-4,9-10,13-14,17H,2,5-8,11-12,15-16H2,(H,28,32). The number of carbonyl (C=O) groups excluding carboxylic acids is 2. The molecule has 0 unspecified atom stereocenters. The molecule has 2 heterocycles. The van der Waals surface area contributed by atoms with E-state index in [1.165, 1.54) is 0 Å². The van der Waals surface area contributed by atoms with Crippen molar-refractivity contribution in [3.8, 4) is 5.69 Å². The summed E-state index contributed by atoms with van der Waals surface area (Å²) in [5.41, 5.74) is 4.37. The SMILES string of the molecule is O=C(Nc1cc(Cl)ccc1C(=O)N1CCCC1)c1nn(-c2ccccc2)c2c1CCCCC2. The van der Waals surface area contributed by atoms with Gasteiger partial charge in [0.25, 0.3) is 11.8 Å². The van der Waals surface area contributed by atoms with E-state index in [1.54, 1.807) is 18.2 Å². The third kappa shape index (κ3) is 4.40. The Kier molecular flexibility index (Phi) is 6.18. The molecule has 1 saturated heterocycles. The molecule has 170 valence electrons. The molecule has 6 nitrogen and oxygen atoms in total. The van der Waals surface area contributed by atoms with Gasteiger partial charge in [0, 0.05) is 29.4 Å². The molecule has 3 aromatic rings. The van der Waals surface area contributed by atoms with Crippen LogP contribution in [0.15, 0.2) is 48.5 Å². The number of carbonyl (C=O) groups is 2. The van der Waals surface area contributed by atoms with E-state index < -0.39 is 0 Å². The molecule has 1 fully saturated rings. The van der Waals surface area contributed by atoms with Gasteiger partial charge in [0.1, 0.15) is 0 Å². The predicted molar refractivity (Wildman–Crippen MR) is 129 cm³/mol. The van der Waals surface area contributed by atoms with Gasteiger partial charge in [-0.1, -0.05) is 36.2 Å². The molecule has 2 aromatic carbocycles. The summed E-state index contributed by atoms with van der Waals surface area (Å²) in [6, 6.07) is 15.0. The van der Waals surface area contributed by atoms with Crippen LogP contribution in [0.3, 0.4) is 0 Å². The summed E-state index contributed by atoms with van der Waals surface area (Å²) in [4.78, 5) is 28.4. The van der Waals surface area contributed by atoms with Crippen molar-refractivity contribution < 1.29 is 9.59 Å². The van der Waals surface area contributed by atoms with Crippen molar-refractivity contribution in [1.82, 2.24) is 14.7 Å². The number of amides is 2. The van der Waals surface area contributed by atoms with Crippen LogP contribution in [0.25, 0.3) is 5.69 Å². The highest BCUT2D eigenvalue weighted by atomic mass is 35.5. The lowest BCUT2D eigenvalue weighted by atomic mass is 10.1. The van der Waals surface area contributed by atoms with Crippen molar-refractivity contribution in [1.29, 1.82) is 0 Å². The molecule has 0 atom stereocenters. The molecule has 2 amide bonds. The van der Waals surface area contributed by atoms with Crippen molar-refractivity contribution in [2.45, 2.75) is 44.9 Å². The molecule has 7 heteroatoms. The maximum absolute atomic E-state index is 13.5. The summed E-state index contributed by atoms with van der Waals surface area (Å²) in [5, 5.41) is 8.18. The van der Waals surface area contributed by atoms with Crippen molar-refractivity contribution in [2.75, 3.05) is 18.4 Å². The number of hydrogen-bond acceptors (Lipinski definition) is 3. The number of halogens is 1. The second kappa shape index (κ2) is 9.40. The summed E-state index contributed by atoms with van der Waals surface area (Å²) in [6.45, 7) is 1.48. The predicted octanol–water partition coefficient (Wildman–Crippen LogP) is 5.28. The minimum absolute atomic E-state index is 0.0758. The molecule has 1 N–H and O–H groups in total. The van der Waals surface area contributed by atoms with E-state index in [9.17, 15) is 9.59 Å². The highest BCUT2D eigenvalue weighted by molar-refractivity contribution is 6.31. The zero-order valence-corrected chi connectivity index (χ0v) is 19.3. The zero-order chi connectivity index (χ0) is 22.8. The van der Waals surface area contributed by atoms with Gasteiger partial charge in [-0.15, -0.1) is 0 Å².